The Hall–Kier alpha value is -2.90. The minimum atomic E-state index is -1.09. The molecule has 0 saturated heterocycles. The molecule has 1 aromatic carbocycles. The van der Waals surface area contributed by atoms with Crippen molar-refractivity contribution in [3.8, 4) is 0 Å². The fraction of sp³-hybridized carbons (Fsp3) is 0.630. The molecule has 0 amide bonds. The van der Waals surface area contributed by atoms with Crippen LogP contribution in [-0.4, -0.2) is 42.2 Å². The molecule has 1 rings (SSSR count). The molecular weight excluding hydrogens is 452 g/mol. The van der Waals surface area contributed by atoms with Crippen molar-refractivity contribution in [1.82, 2.24) is 0 Å². The zero-order valence-electron chi connectivity index (χ0n) is 22.2. The Kier molecular flexibility index (Phi) is 10.1. The second kappa shape index (κ2) is 11.7. The lowest BCUT2D eigenvalue weighted by Gasteiger charge is -2.32. The van der Waals surface area contributed by atoms with Crippen molar-refractivity contribution < 1.29 is 38.5 Å². The van der Waals surface area contributed by atoms with E-state index in [0.29, 0.717) is 0 Å². The summed E-state index contributed by atoms with van der Waals surface area (Å²) in [7, 11) is 0. The molecule has 0 bridgehead atoms. The van der Waals surface area contributed by atoms with E-state index >= 15 is 0 Å². The Morgan fingerprint density at radius 3 is 1.40 bits per heavy atom. The Morgan fingerprint density at radius 1 is 0.629 bits per heavy atom. The van der Waals surface area contributed by atoms with E-state index in [1.165, 1.54) is 0 Å². The van der Waals surface area contributed by atoms with Gasteiger partial charge in [-0.25, -0.2) is 0 Å². The predicted molar refractivity (Wildman–Crippen MR) is 130 cm³/mol. The van der Waals surface area contributed by atoms with Crippen molar-refractivity contribution in [2.24, 2.45) is 21.7 Å². The summed E-state index contributed by atoms with van der Waals surface area (Å²) in [5.74, 6) is -2.50. The van der Waals surface area contributed by atoms with Crippen molar-refractivity contribution in [1.29, 1.82) is 0 Å². The summed E-state index contributed by atoms with van der Waals surface area (Å²) in [5, 5.41) is 9.30. The van der Waals surface area contributed by atoms with Gasteiger partial charge in [-0.2, -0.15) is 0 Å². The van der Waals surface area contributed by atoms with Crippen LogP contribution >= 0.6 is 0 Å². The van der Waals surface area contributed by atoms with Crippen molar-refractivity contribution in [2.45, 2.75) is 74.8 Å². The van der Waals surface area contributed by atoms with Crippen molar-refractivity contribution >= 4 is 23.9 Å². The van der Waals surface area contributed by atoms with Gasteiger partial charge in [-0.15, -0.1) is 0 Å². The lowest BCUT2D eigenvalue weighted by Crippen LogP contribution is -2.38. The summed E-state index contributed by atoms with van der Waals surface area (Å²) < 4.78 is 16.0. The fourth-order valence-electron chi connectivity index (χ4n) is 4.08. The van der Waals surface area contributed by atoms with Crippen LogP contribution in [0.2, 0.25) is 0 Å². The van der Waals surface area contributed by atoms with Crippen LogP contribution in [0.25, 0.3) is 0 Å². The van der Waals surface area contributed by atoms with Gasteiger partial charge in [0.15, 0.2) is 0 Å². The highest BCUT2D eigenvalue weighted by molar-refractivity contribution is 5.80. The molecule has 0 radical (unpaired) electrons. The van der Waals surface area contributed by atoms with E-state index in [-0.39, 0.29) is 32.7 Å². The first-order chi connectivity index (χ1) is 15.9. The van der Waals surface area contributed by atoms with E-state index in [0.717, 1.165) is 5.56 Å². The molecule has 8 heteroatoms. The smallest absolute Gasteiger partial charge is 0.311 e. The van der Waals surface area contributed by atoms with Gasteiger partial charge in [-0.1, -0.05) is 30.3 Å². The van der Waals surface area contributed by atoms with E-state index in [4.69, 9.17) is 14.2 Å². The number of carbonyl (C=O) groups is 4. The first-order valence-corrected chi connectivity index (χ1v) is 11.7. The third-order valence-electron chi connectivity index (χ3n) is 5.77. The minimum absolute atomic E-state index is 0.0937. The second-order valence-corrected chi connectivity index (χ2v) is 11.5. The van der Waals surface area contributed by atoms with Crippen LogP contribution in [0.1, 0.15) is 73.8 Å². The van der Waals surface area contributed by atoms with Crippen molar-refractivity contribution in [3.63, 3.8) is 0 Å². The quantitative estimate of drug-likeness (QED) is 0.237. The summed E-state index contributed by atoms with van der Waals surface area (Å²) in [5.41, 5.74) is -3.14. The molecule has 0 saturated carbocycles. The highest BCUT2D eigenvalue weighted by Crippen LogP contribution is 2.36. The number of carboxylic acids is 1. The molecule has 0 aliphatic rings. The Morgan fingerprint density at radius 2 is 1.00 bits per heavy atom. The van der Waals surface area contributed by atoms with E-state index in [2.05, 4.69) is 0 Å². The summed E-state index contributed by atoms with van der Waals surface area (Å²) in [6.45, 7) is 13.0. The molecule has 1 N–H and O–H groups in total. The zero-order valence-corrected chi connectivity index (χ0v) is 22.2. The maximum Gasteiger partial charge on any atom is 0.311 e. The van der Waals surface area contributed by atoms with Gasteiger partial charge in [0.25, 0.3) is 0 Å². The molecule has 0 aliphatic carbocycles. The largest absolute Gasteiger partial charge is 0.481 e. The molecule has 35 heavy (non-hydrogen) atoms. The maximum atomic E-state index is 12.7. The molecule has 1 aromatic rings. The number of hydrogen-bond acceptors (Lipinski definition) is 7. The number of ether oxygens (including phenoxy) is 3. The first kappa shape index (κ1) is 30.1. The number of benzene rings is 1. The topological polar surface area (TPSA) is 116 Å². The third kappa shape index (κ3) is 9.34. The van der Waals surface area contributed by atoms with E-state index in [9.17, 15) is 24.3 Å². The maximum absolute atomic E-state index is 12.7. The van der Waals surface area contributed by atoms with Gasteiger partial charge in [0.2, 0.25) is 0 Å². The summed E-state index contributed by atoms with van der Waals surface area (Å²) in [4.78, 5) is 49.1. The molecule has 0 aliphatic heterocycles. The Bertz CT molecular complexity index is 897. The monoisotopic (exact) mass is 492 g/mol. The summed E-state index contributed by atoms with van der Waals surface area (Å²) in [6.07, 6.45) is 0.292. The van der Waals surface area contributed by atoms with E-state index in [1.807, 2.05) is 30.3 Å². The number of esters is 3. The molecule has 0 fully saturated rings. The van der Waals surface area contributed by atoms with Crippen LogP contribution < -0.4 is 0 Å². The highest BCUT2D eigenvalue weighted by Gasteiger charge is 2.42. The molecule has 0 spiro atoms. The predicted octanol–water partition coefficient (Wildman–Crippen LogP) is 4.79. The molecule has 0 atom stereocenters. The van der Waals surface area contributed by atoms with Crippen LogP contribution in [-0.2, 0) is 40.0 Å². The molecule has 0 unspecified atom stereocenters. The van der Waals surface area contributed by atoms with Gasteiger partial charge in [0, 0.05) is 0 Å². The van der Waals surface area contributed by atoms with Gasteiger partial charge >= 0.3 is 23.9 Å². The van der Waals surface area contributed by atoms with Gasteiger partial charge in [-0.05, 0) is 73.8 Å². The number of rotatable bonds is 13. The molecule has 0 aromatic heterocycles. The lowest BCUT2D eigenvalue weighted by molar-refractivity contribution is -0.168. The lowest BCUT2D eigenvalue weighted by atomic mass is 9.75. The Labute approximate surface area is 208 Å². The number of carbonyl (C=O) groups excluding carboxylic acids is 3. The molecule has 8 nitrogen and oxygen atoms in total. The normalized spacial score (nSPS) is 12.6. The average molecular weight is 493 g/mol. The third-order valence-corrected chi connectivity index (χ3v) is 5.77. The van der Waals surface area contributed by atoms with Gasteiger partial charge in [-0.3, -0.25) is 19.2 Å². The van der Waals surface area contributed by atoms with Crippen LogP contribution in [0.5, 0.6) is 0 Å². The molecule has 196 valence electrons. The number of carboxylic acid groups (broad SMARTS) is 1. The van der Waals surface area contributed by atoms with Crippen LogP contribution in [0.15, 0.2) is 30.3 Å². The fourth-order valence-corrected chi connectivity index (χ4v) is 4.08. The van der Waals surface area contributed by atoms with Gasteiger partial charge in [0.05, 0.1) is 21.7 Å². The minimum Gasteiger partial charge on any atom is -0.481 e. The van der Waals surface area contributed by atoms with E-state index < -0.39 is 45.5 Å². The standard InChI is InChI=1S/C27H40O8/c1-24(2,20(28)29)17-25(3,4)21(30)33-14-15-34-22(31)26(5,6)18-27(7,8)23(32)35-16-19-12-10-9-11-13-19/h9-13H,14-18H2,1-8H3,(H,28,29). The van der Waals surface area contributed by atoms with Crippen LogP contribution in [0.4, 0.5) is 0 Å². The SMILES string of the molecule is CC(C)(CC(C)(C)C(=O)OCCOC(=O)C(C)(C)CC(C)(C)C(=O)OCc1ccccc1)C(=O)O. The summed E-state index contributed by atoms with van der Waals surface area (Å²) >= 11 is 0. The molecular formula is C27H40O8. The van der Waals surface area contributed by atoms with E-state index in [1.54, 1.807) is 55.4 Å². The molecule has 0 heterocycles. The number of hydrogen-bond donors (Lipinski definition) is 1. The number of aliphatic carboxylic acids is 1. The first-order valence-electron chi connectivity index (χ1n) is 11.7. The second-order valence-electron chi connectivity index (χ2n) is 11.5. The highest BCUT2D eigenvalue weighted by atomic mass is 16.6. The average Bonchev–Trinajstić information content (AvgIpc) is 2.73. The van der Waals surface area contributed by atoms with Crippen LogP contribution in [0.3, 0.4) is 0 Å². The zero-order chi connectivity index (χ0) is 27.1. The van der Waals surface area contributed by atoms with Crippen LogP contribution in [0, 0.1) is 21.7 Å². The summed E-state index contributed by atoms with van der Waals surface area (Å²) in [6, 6.07) is 9.33. The Balaban J connectivity index is 2.54. The van der Waals surface area contributed by atoms with Crippen molar-refractivity contribution in [3.05, 3.63) is 35.9 Å². The van der Waals surface area contributed by atoms with Gasteiger partial charge in [0.1, 0.15) is 19.8 Å². The van der Waals surface area contributed by atoms with Gasteiger partial charge < -0.3 is 19.3 Å². The van der Waals surface area contributed by atoms with Crippen molar-refractivity contribution in [2.75, 3.05) is 13.2 Å².